The summed E-state index contributed by atoms with van der Waals surface area (Å²) in [4.78, 5) is 4.66. The van der Waals surface area contributed by atoms with Gasteiger partial charge in [-0.3, -0.25) is 4.98 Å². The second-order valence-electron chi connectivity index (χ2n) is 6.42. The summed E-state index contributed by atoms with van der Waals surface area (Å²) in [5.74, 6) is -0.271. The minimum atomic E-state index is -3.47. The van der Waals surface area contributed by atoms with E-state index in [1.807, 2.05) is 24.3 Å². The Labute approximate surface area is 148 Å². The maximum atomic E-state index is 13.4. The highest BCUT2D eigenvalue weighted by atomic mass is 32.2. The molecular weight excluding hydrogens is 341 g/mol. The van der Waals surface area contributed by atoms with Gasteiger partial charge in [-0.2, -0.15) is 17.0 Å². The summed E-state index contributed by atoms with van der Waals surface area (Å²) >= 11 is 0. The van der Waals surface area contributed by atoms with Gasteiger partial charge in [0.1, 0.15) is 5.82 Å². The van der Waals surface area contributed by atoms with Crippen molar-refractivity contribution in [2.75, 3.05) is 20.6 Å². The van der Waals surface area contributed by atoms with Gasteiger partial charge in [0.05, 0.1) is 11.7 Å². The molecule has 1 aromatic heterocycles. The van der Waals surface area contributed by atoms with E-state index in [0.717, 1.165) is 29.8 Å². The molecule has 2 heterocycles. The highest BCUT2D eigenvalue weighted by Gasteiger charge is 2.37. The number of benzene rings is 1. The Hall–Kier alpha value is -1.83. The van der Waals surface area contributed by atoms with E-state index in [9.17, 15) is 12.8 Å². The Morgan fingerprint density at radius 1 is 1.24 bits per heavy atom. The van der Waals surface area contributed by atoms with Crippen LogP contribution in [0.5, 0.6) is 0 Å². The largest absolute Gasteiger partial charge is 0.282 e. The van der Waals surface area contributed by atoms with Crippen LogP contribution in [0.1, 0.15) is 35.8 Å². The molecule has 1 aliphatic rings. The molecule has 0 saturated carbocycles. The molecular formula is C18H22FN3O2S. The van der Waals surface area contributed by atoms with E-state index in [4.69, 9.17) is 0 Å². The first-order chi connectivity index (χ1) is 11.9. The molecule has 1 aromatic carbocycles. The third-order valence-corrected chi connectivity index (χ3v) is 6.36. The van der Waals surface area contributed by atoms with Gasteiger partial charge in [-0.1, -0.05) is 18.2 Å². The first-order valence-corrected chi connectivity index (χ1v) is 9.67. The molecule has 0 radical (unpaired) electrons. The number of aromatic nitrogens is 1. The maximum Gasteiger partial charge on any atom is 0.282 e. The quantitative estimate of drug-likeness (QED) is 0.821. The van der Waals surface area contributed by atoms with Crippen molar-refractivity contribution in [3.05, 3.63) is 65.2 Å². The second-order valence-corrected chi connectivity index (χ2v) is 8.51. The van der Waals surface area contributed by atoms with Crippen molar-refractivity contribution in [1.29, 1.82) is 0 Å². The van der Waals surface area contributed by atoms with Crippen molar-refractivity contribution in [3.63, 3.8) is 0 Å². The van der Waals surface area contributed by atoms with E-state index in [-0.39, 0.29) is 11.9 Å². The monoisotopic (exact) mass is 363 g/mol. The molecule has 25 heavy (non-hydrogen) atoms. The number of hydrogen-bond donors (Lipinski definition) is 0. The molecule has 2 aromatic rings. The Kier molecular flexibility index (Phi) is 5.17. The SMILES string of the molecule is CN(C)S(=O)(=O)N1CCC[C@@H]1c1cccc(Cc2cccc(F)c2)n1. The van der Waals surface area contributed by atoms with Crippen LogP contribution >= 0.6 is 0 Å². The Bertz CT molecular complexity index is 855. The lowest BCUT2D eigenvalue weighted by atomic mass is 10.1. The third kappa shape index (κ3) is 3.89. The van der Waals surface area contributed by atoms with Gasteiger partial charge in [-0.15, -0.1) is 0 Å². The molecule has 1 saturated heterocycles. The number of halogens is 1. The average molecular weight is 363 g/mol. The average Bonchev–Trinajstić information content (AvgIpc) is 3.05. The first kappa shape index (κ1) is 18.0. The zero-order valence-electron chi connectivity index (χ0n) is 14.4. The topological polar surface area (TPSA) is 53.5 Å². The highest BCUT2D eigenvalue weighted by Crippen LogP contribution is 2.34. The summed E-state index contributed by atoms with van der Waals surface area (Å²) in [6, 6.07) is 11.8. The fraction of sp³-hybridized carbons (Fsp3) is 0.389. The van der Waals surface area contributed by atoms with Crippen LogP contribution in [0.4, 0.5) is 4.39 Å². The summed E-state index contributed by atoms with van der Waals surface area (Å²) < 4.78 is 41.1. The number of pyridine rings is 1. The van der Waals surface area contributed by atoms with Crippen LogP contribution in [0.15, 0.2) is 42.5 Å². The number of rotatable bonds is 5. The fourth-order valence-corrected chi connectivity index (χ4v) is 4.47. The molecule has 0 bridgehead atoms. The van der Waals surface area contributed by atoms with Gasteiger partial charge < -0.3 is 0 Å². The molecule has 3 rings (SSSR count). The summed E-state index contributed by atoms with van der Waals surface area (Å²) in [6.07, 6.45) is 2.08. The molecule has 7 heteroatoms. The summed E-state index contributed by atoms with van der Waals surface area (Å²) in [6.45, 7) is 0.501. The van der Waals surface area contributed by atoms with Crippen LogP contribution in [-0.4, -0.2) is 42.7 Å². The predicted octanol–water partition coefficient (Wildman–Crippen LogP) is 2.75. The van der Waals surface area contributed by atoms with Crippen molar-refractivity contribution in [3.8, 4) is 0 Å². The summed E-state index contributed by atoms with van der Waals surface area (Å²) in [5.41, 5.74) is 2.39. The van der Waals surface area contributed by atoms with Gasteiger partial charge in [-0.05, 0) is 42.7 Å². The fourth-order valence-electron chi connectivity index (χ4n) is 3.16. The molecule has 0 aliphatic carbocycles. The molecule has 1 aliphatic heterocycles. The van der Waals surface area contributed by atoms with Crippen molar-refractivity contribution < 1.29 is 12.8 Å². The van der Waals surface area contributed by atoms with E-state index in [1.165, 1.54) is 20.7 Å². The molecule has 1 atom stereocenters. The van der Waals surface area contributed by atoms with Gasteiger partial charge in [0.15, 0.2) is 0 Å². The van der Waals surface area contributed by atoms with Crippen LogP contribution in [0.25, 0.3) is 0 Å². The summed E-state index contributed by atoms with van der Waals surface area (Å²) in [5, 5.41) is 0. The third-order valence-electron chi connectivity index (χ3n) is 4.41. The maximum absolute atomic E-state index is 13.4. The van der Waals surface area contributed by atoms with E-state index >= 15 is 0 Å². The van der Waals surface area contributed by atoms with Gasteiger partial charge in [0.25, 0.3) is 10.2 Å². The number of nitrogens with zero attached hydrogens (tertiary/aromatic N) is 3. The van der Waals surface area contributed by atoms with Crippen LogP contribution in [-0.2, 0) is 16.6 Å². The molecule has 0 amide bonds. The molecule has 1 fully saturated rings. The molecule has 134 valence electrons. The van der Waals surface area contributed by atoms with E-state index in [2.05, 4.69) is 4.98 Å². The first-order valence-electron chi connectivity index (χ1n) is 8.27. The molecule has 0 spiro atoms. The van der Waals surface area contributed by atoms with Gasteiger partial charge in [-0.25, -0.2) is 4.39 Å². The summed E-state index contributed by atoms with van der Waals surface area (Å²) in [7, 11) is -0.394. The zero-order chi connectivity index (χ0) is 18.0. The van der Waals surface area contributed by atoms with Crippen LogP contribution < -0.4 is 0 Å². The lowest BCUT2D eigenvalue weighted by Crippen LogP contribution is -2.39. The van der Waals surface area contributed by atoms with E-state index in [1.54, 1.807) is 20.2 Å². The highest BCUT2D eigenvalue weighted by molar-refractivity contribution is 7.86. The molecule has 0 N–H and O–H groups in total. The Morgan fingerprint density at radius 2 is 2.00 bits per heavy atom. The zero-order valence-corrected chi connectivity index (χ0v) is 15.2. The van der Waals surface area contributed by atoms with E-state index in [0.29, 0.717) is 13.0 Å². The standard InChI is InChI=1S/C18H22FN3O2S/c1-21(2)25(23,24)22-11-5-10-18(22)17-9-4-8-16(20-17)13-14-6-3-7-15(19)12-14/h3-4,6-9,12,18H,5,10-11,13H2,1-2H3/t18-/m1/s1. The normalized spacial score (nSPS) is 18.8. The van der Waals surface area contributed by atoms with Gasteiger partial charge in [0.2, 0.25) is 0 Å². The lowest BCUT2D eigenvalue weighted by Gasteiger charge is -2.26. The van der Waals surface area contributed by atoms with Crippen molar-refractivity contribution in [2.45, 2.75) is 25.3 Å². The Morgan fingerprint density at radius 3 is 2.72 bits per heavy atom. The van der Waals surface area contributed by atoms with Crippen LogP contribution in [0, 0.1) is 5.82 Å². The van der Waals surface area contributed by atoms with Crippen LogP contribution in [0.3, 0.4) is 0 Å². The van der Waals surface area contributed by atoms with Gasteiger partial charge >= 0.3 is 0 Å². The van der Waals surface area contributed by atoms with Gasteiger partial charge in [0, 0.05) is 32.8 Å². The predicted molar refractivity (Wildman–Crippen MR) is 94.7 cm³/mol. The number of hydrogen-bond acceptors (Lipinski definition) is 3. The van der Waals surface area contributed by atoms with Crippen molar-refractivity contribution in [2.24, 2.45) is 0 Å². The van der Waals surface area contributed by atoms with Crippen molar-refractivity contribution in [1.82, 2.24) is 13.6 Å². The van der Waals surface area contributed by atoms with Crippen LogP contribution in [0.2, 0.25) is 0 Å². The Balaban J connectivity index is 1.86. The van der Waals surface area contributed by atoms with E-state index < -0.39 is 10.2 Å². The minimum Gasteiger partial charge on any atom is -0.256 e. The minimum absolute atomic E-state index is 0.250. The van der Waals surface area contributed by atoms with Crippen molar-refractivity contribution >= 4 is 10.2 Å². The molecule has 5 nitrogen and oxygen atoms in total. The molecule has 0 unspecified atom stereocenters. The lowest BCUT2D eigenvalue weighted by molar-refractivity contribution is 0.357. The smallest absolute Gasteiger partial charge is 0.256 e. The second kappa shape index (κ2) is 7.19.